The molecule has 0 saturated heterocycles. The molecule has 3 N–H and O–H groups in total. The quantitative estimate of drug-likeness (QED) is 0.699. The molecule has 0 unspecified atom stereocenters. The van der Waals surface area contributed by atoms with Gasteiger partial charge in [0.15, 0.2) is 5.16 Å². The third kappa shape index (κ3) is 3.12. The number of nitrogens with zero attached hydrogens (tertiary/aromatic N) is 3. The third-order valence-corrected chi connectivity index (χ3v) is 4.28. The number of primary amides is 1. The molecule has 0 bridgehead atoms. The summed E-state index contributed by atoms with van der Waals surface area (Å²) in [7, 11) is 0. The highest BCUT2D eigenvalue weighted by Gasteiger charge is 2.36. The molecule has 0 atom stereocenters. The molecule has 2 saturated carbocycles. The van der Waals surface area contributed by atoms with Crippen LogP contribution in [-0.4, -0.2) is 38.9 Å². The maximum atomic E-state index is 11.6. The molecule has 1 aromatic heterocycles. The lowest BCUT2D eigenvalue weighted by atomic mass is 10.4. The standard InChI is InChI=1S/C12H17N5O2S/c13-9(18)5-14-10(19)6-20-12-16-15-11(7-1-2-7)17(12)8-3-4-8/h7-8H,1-6H2,(H2,13,18)(H,14,19). The smallest absolute Gasteiger partial charge is 0.236 e. The van der Waals surface area contributed by atoms with Crippen LogP contribution < -0.4 is 11.1 Å². The lowest BCUT2D eigenvalue weighted by Gasteiger charge is -2.07. The molecule has 1 aromatic rings. The van der Waals surface area contributed by atoms with Crippen LogP contribution in [-0.2, 0) is 9.59 Å². The summed E-state index contributed by atoms with van der Waals surface area (Å²) in [5, 5.41) is 11.8. The Morgan fingerprint density at radius 2 is 2.05 bits per heavy atom. The van der Waals surface area contributed by atoms with Gasteiger partial charge in [-0.15, -0.1) is 10.2 Å². The highest BCUT2D eigenvalue weighted by molar-refractivity contribution is 7.99. The molecule has 2 fully saturated rings. The van der Waals surface area contributed by atoms with Crippen molar-refractivity contribution in [1.29, 1.82) is 0 Å². The summed E-state index contributed by atoms with van der Waals surface area (Å²) in [6, 6.07) is 0.511. The molecule has 3 rings (SSSR count). The van der Waals surface area contributed by atoms with E-state index in [1.165, 1.54) is 37.4 Å². The van der Waals surface area contributed by atoms with Gasteiger partial charge in [-0.3, -0.25) is 9.59 Å². The van der Waals surface area contributed by atoms with E-state index in [1.807, 2.05) is 0 Å². The Morgan fingerprint density at radius 1 is 1.30 bits per heavy atom. The van der Waals surface area contributed by atoms with Crippen molar-refractivity contribution in [3.05, 3.63) is 5.82 Å². The summed E-state index contributed by atoms with van der Waals surface area (Å²) in [5.41, 5.74) is 4.98. The highest BCUT2D eigenvalue weighted by atomic mass is 32.2. The first-order chi connectivity index (χ1) is 9.65. The second-order valence-electron chi connectivity index (χ2n) is 5.25. The van der Waals surface area contributed by atoms with Crippen LogP contribution >= 0.6 is 11.8 Å². The van der Waals surface area contributed by atoms with E-state index in [2.05, 4.69) is 20.1 Å². The Balaban J connectivity index is 1.59. The summed E-state index contributed by atoms with van der Waals surface area (Å²) >= 11 is 1.37. The fourth-order valence-electron chi connectivity index (χ4n) is 2.05. The SMILES string of the molecule is NC(=O)CNC(=O)CSc1nnc(C2CC2)n1C1CC1. The molecule has 2 amide bonds. The Labute approximate surface area is 120 Å². The first-order valence-corrected chi connectivity index (χ1v) is 7.76. The number of nitrogens with one attached hydrogen (secondary N) is 1. The monoisotopic (exact) mass is 295 g/mol. The molecule has 20 heavy (non-hydrogen) atoms. The summed E-state index contributed by atoms with van der Waals surface area (Å²) in [6.45, 7) is -0.123. The minimum absolute atomic E-state index is 0.123. The second kappa shape index (κ2) is 5.43. The molecule has 7 nitrogen and oxygen atoms in total. The van der Waals surface area contributed by atoms with Crippen LogP contribution in [0.3, 0.4) is 0 Å². The van der Waals surface area contributed by atoms with Crippen molar-refractivity contribution in [2.75, 3.05) is 12.3 Å². The molecule has 2 aliphatic carbocycles. The molecule has 0 spiro atoms. The van der Waals surface area contributed by atoms with Gasteiger partial charge in [-0.1, -0.05) is 11.8 Å². The Morgan fingerprint density at radius 3 is 2.65 bits per heavy atom. The largest absolute Gasteiger partial charge is 0.368 e. The first kappa shape index (κ1) is 13.4. The van der Waals surface area contributed by atoms with Gasteiger partial charge >= 0.3 is 0 Å². The maximum Gasteiger partial charge on any atom is 0.236 e. The summed E-state index contributed by atoms with van der Waals surface area (Å²) in [5.74, 6) is 1.10. The lowest BCUT2D eigenvalue weighted by Crippen LogP contribution is -2.34. The summed E-state index contributed by atoms with van der Waals surface area (Å²) in [6.07, 6.45) is 4.71. The van der Waals surface area contributed by atoms with Crippen molar-refractivity contribution in [1.82, 2.24) is 20.1 Å². The van der Waals surface area contributed by atoms with Crippen molar-refractivity contribution in [2.45, 2.75) is 42.8 Å². The first-order valence-electron chi connectivity index (χ1n) is 6.77. The number of thioether (sulfide) groups is 1. The number of hydrogen-bond acceptors (Lipinski definition) is 5. The number of aromatic nitrogens is 3. The molecular formula is C12H17N5O2S. The van der Waals surface area contributed by atoms with Crippen LogP contribution in [0.4, 0.5) is 0 Å². The molecule has 8 heteroatoms. The predicted molar refractivity (Wildman–Crippen MR) is 73.2 cm³/mol. The molecule has 2 aliphatic rings. The van der Waals surface area contributed by atoms with E-state index >= 15 is 0 Å². The van der Waals surface area contributed by atoms with Gasteiger partial charge in [0.2, 0.25) is 11.8 Å². The molecular weight excluding hydrogens is 278 g/mol. The fraction of sp³-hybridized carbons (Fsp3) is 0.667. The van der Waals surface area contributed by atoms with Crippen LogP contribution in [0.15, 0.2) is 5.16 Å². The van der Waals surface area contributed by atoms with E-state index in [4.69, 9.17) is 5.73 Å². The number of carbonyl (C=O) groups excluding carboxylic acids is 2. The zero-order chi connectivity index (χ0) is 14.1. The predicted octanol–water partition coefficient (Wildman–Crippen LogP) is 0.184. The lowest BCUT2D eigenvalue weighted by molar-refractivity contribution is -0.123. The number of carbonyl (C=O) groups is 2. The zero-order valence-corrected chi connectivity index (χ0v) is 11.9. The van der Waals surface area contributed by atoms with E-state index in [0.29, 0.717) is 12.0 Å². The molecule has 0 aromatic carbocycles. The normalized spacial score (nSPS) is 18.0. The Hall–Kier alpha value is -1.57. The van der Waals surface area contributed by atoms with Crippen molar-refractivity contribution in [3.63, 3.8) is 0 Å². The van der Waals surface area contributed by atoms with Crippen LogP contribution in [0.25, 0.3) is 0 Å². The van der Waals surface area contributed by atoms with Gasteiger partial charge in [0.25, 0.3) is 0 Å². The minimum atomic E-state index is -0.541. The summed E-state index contributed by atoms with van der Waals surface area (Å²) < 4.78 is 2.20. The highest BCUT2D eigenvalue weighted by Crippen LogP contribution is 2.45. The topological polar surface area (TPSA) is 103 Å². The van der Waals surface area contributed by atoms with Gasteiger partial charge in [-0.2, -0.15) is 0 Å². The molecule has 0 radical (unpaired) electrons. The van der Waals surface area contributed by atoms with Crippen LogP contribution in [0.2, 0.25) is 0 Å². The van der Waals surface area contributed by atoms with E-state index in [-0.39, 0.29) is 18.2 Å². The second-order valence-corrected chi connectivity index (χ2v) is 6.19. The van der Waals surface area contributed by atoms with Crippen LogP contribution in [0.5, 0.6) is 0 Å². The molecule has 1 heterocycles. The minimum Gasteiger partial charge on any atom is -0.368 e. The van der Waals surface area contributed by atoms with Crippen molar-refractivity contribution in [3.8, 4) is 0 Å². The molecule has 108 valence electrons. The van der Waals surface area contributed by atoms with Gasteiger partial charge in [-0.05, 0) is 25.7 Å². The van der Waals surface area contributed by atoms with E-state index in [9.17, 15) is 9.59 Å². The van der Waals surface area contributed by atoms with Crippen molar-refractivity contribution >= 4 is 23.6 Å². The average Bonchev–Trinajstić information content (AvgIpc) is 3.32. The number of rotatable bonds is 7. The van der Waals surface area contributed by atoms with E-state index in [0.717, 1.165) is 11.0 Å². The van der Waals surface area contributed by atoms with Gasteiger partial charge in [0.1, 0.15) is 5.82 Å². The van der Waals surface area contributed by atoms with Gasteiger partial charge in [0, 0.05) is 12.0 Å². The molecule has 0 aliphatic heterocycles. The Kier molecular flexibility index (Phi) is 3.64. The van der Waals surface area contributed by atoms with Crippen LogP contribution in [0.1, 0.15) is 43.5 Å². The van der Waals surface area contributed by atoms with Crippen molar-refractivity contribution in [2.24, 2.45) is 5.73 Å². The van der Waals surface area contributed by atoms with Gasteiger partial charge in [-0.25, -0.2) is 0 Å². The summed E-state index contributed by atoms with van der Waals surface area (Å²) in [4.78, 5) is 22.2. The number of nitrogens with two attached hydrogens (primary N) is 1. The maximum absolute atomic E-state index is 11.6. The van der Waals surface area contributed by atoms with E-state index < -0.39 is 5.91 Å². The Bertz CT molecular complexity index is 536. The fourth-order valence-corrected chi connectivity index (χ4v) is 2.89. The van der Waals surface area contributed by atoms with E-state index in [1.54, 1.807) is 0 Å². The van der Waals surface area contributed by atoms with Crippen LogP contribution in [0, 0.1) is 0 Å². The zero-order valence-electron chi connectivity index (χ0n) is 11.0. The van der Waals surface area contributed by atoms with Crippen molar-refractivity contribution < 1.29 is 9.59 Å². The number of amides is 2. The number of hydrogen-bond donors (Lipinski definition) is 2. The van der Waals surface area contributed by atoms with Gasteiger partial charge < -0.3 is 15.6 Å². The third-order valence-electron chi connectivity index (χ3n) is 3.34. The average molecular weight is 295 g/mol. The van der Waals surface area contributed by atoms with Gasteiger partial charge in [0.05, 0.1) is 12.3 Å².